The van der Waals surface area contributed by atoms with Gasteiger partial charge in [0.05, 0.1) is 5.02 Å². The highest BCUT2D eigenvalue weighted by molar-refractivity contribution is 6.31. The minimum Gasteiger partial charge on any atom is -0.310 e. The molecule has 2 nitrogen and oxygen atoms in total. The van der Waals surface area contributed by atoms with E-state index in [2.05, 4.69) is 38.0 Å². The Morgan fingerprint density at radius 3 is 2.47 bits per heavy atom. The van der Waals surface area contributed by atoms with Crippen molar-refractivity contribution in [2.45, 2.75) is 59.5 Å². The lowest BCUT2D eigenvalue weighted by atomic mass is 9.63. The number of nitrogens with zero attached hydrogens (tertiary/aromatic N) is 1. The van der Waals surface area contributed by atoms with Crippen molar-refractivity contribution in [2.24, 2.45) is 10.8 Å². The van der Waals surface area contributed by atoms with Crippen LogP contribution in [0.2, 0.25) is 5.02 Å². The zero-order valence-corrected chi connectivity index (χ0v) is 13.2. The molecule has 1 heterocycles. The Morgan fingerprint density at radius 1 is 1.26 bits per heavy atom. The van der Waals surface area contributed by atoms with Crippen LogP contribution in [0.1, 0.15) is 52.5 Å². The van der Waals surface area contributed by atoms with Crippen molar-refractivity contribution in [1.29, 1.82) is 0 Å². The Labute approximate surface area is 122 Å². The molecule has 0 radical (unpaired) electrons. The van der Waals surface area contributed by atoms with Gasteiger partial charge in [0.25, 0.3) is 0 Å². The predicted molar refractivity (Wildman–Crippen MR) is 81.3 cm³/mol. The molecule has 1 aromatic heterocycles. The quantitative estimate of drug-likeness (QED) is 0.886. The molecule has 0 spiro atoms. The molecule has 0 unspecified atom stereocenters. The lowest BCUT2D eigenvalue weighted by Gasteiger charge is -2.45. The molecule has 0 atom stereocenters. The van der Waals surface area contributed by atoms with Crippen LogP contribution in [0.25, 0.3) is 0 Å². The molecule has 1 aromatic rings. The van der Waals surface area contributed by atoms with Crippen LogP contribution in [0.15, 0.2) is 18.5 Å². The molecule has 3 heteroatoms. The average Bonchev–Trinajstić information content (AvgIpc) is 2.23. The van der Waals surface area contributed by atoms with Crippen LogP contribution < -0.4 is 5.32 Å². The Balaban J connectivity index is 1.98. The number of aromatic nitrogens is 1. The Kier molecular flexibility index (Phi) is 4.22. The predicted octanol–water partition coefficient (Wildman–Crippen LogP) is 4.43. The molecule has 0 bridgehead atoms. The second-order valence-corrected chi connectivity index (χ2v) is 7.87. The SMILES string of the molecule is CC1(C)CC(NCc2ccncc2Cl)CC(C)(C)C1. The van der Waals surface area contributed by atoms with Gasteiger partial charge in [0.15, 0.2) is 0 Å². The van der Waals surface area contributed by atoms with Crippen LogP contribution in [0.5, 0.6) is 0 Å². The Bertz CT molecular complexity index is 424. The van der Waals surface area contributed by atoms with Crippen molar-refractivity contribution in [3.05, 3.63) is 29.0 Å². The first-order valence-corrected chi connectivity index (χ1v) is 7.47. The second kappa shape index (κ2) is 5.41. The number of hydrogen-bond donors (Lipinski definition) is 1. The van der Waals surface area contributed by atoms with Crippen LogP contribution >= 0.6 is 11.6 Å². The van der Waals surface area contributed by atoms with Crippen LogP contribution in [0.3, 0.4) is 0 Å². The van der Waals surface area contributed by atoms with Gasteiger partial charge in [0.2, 0.25) is 0 Å². The maximum absolute atomic E-state index is 6.15. The number of nitrogens with one attached hydrogen (secondary N) is 1. The lowest BCUT2D eigenvalue weighted by Crippen LogP contribution is -2.43. The van der Waals surface area contributed by atoms with E-state index in [1.54, 1.807) is 12.4 Å². The van der Waals surface area contributed by atoms with Crippen molar-refractivity contribution >= 4 is 11.6 Å². The maximum atomic E-state index is 6.15. The number of rotatable bonds is 3. The summed E-state index contributed by atoms with van der Waals surface area (Å²) in [6.45, 7) is 10.3. The Hall–Kier alpha value is -0.600. The summed E-state index contributed by atoms with van der Waals surface area (Å²) in [7, 11) is 0. The van der Waals surface area contributed by atoms with Gasteiger partial charge in [-0.15, -0.1) is 0 Å². The molecule has 0 aromatic carbocycles. The molecule has 1 aliphatic rings. The van der Waals surface area contributed by atoms with Crippen molar-refractivity contribution in [3.8, 4) is 0 Å². The summed E-state index contributed by atoms with van der Waals surface area (Å²) in [5.41, 5.74) is 1.97. The lowest BCUT2D eigenvalue weighted by molar-refractivity contribution is 0.0845. The normalized spacial score (nSPS) is 22.4. The van der Waals surface area contributed by atoms with Gasteiger partial charge >= 0.3 is 0 Å². The molecule has 0 saturated heterocycles. The van der Waals surface area contributed by atoms with Gasteiger partial charge in [-0.25, -0.2) is 0 Å². The second-order valence-electron chi connectivity index (χ2n) is 7.46. The molecule has 1 N–H and O–H groups in total. The first-order chi connectivity index (χ1) is 8.77. The van der Waals surface area contributed by atoms with Gasteiger partial charge in [-0.2, -0.15) is 0 Å². The molecule has 19 heavy (non-hydrogen) atoms. The van der Waals surface area contributed by atoms with Crippen LogP contribution in [-0.4, -0.2) is 11.0 Å². The fourth-order valence-electron chi connectivity index (χ4n) is 3.79. The minimum atomic E-state index is 0.418. The van der Waals surface area contributed by atoms with Gasteiger partial charge < -0.3 is 5.32 Å². The molecular weight excluding hydrogens is 256 g/mol. The minimum absolute atomic E-state index is 0.418. The van der Waals surface area contributed by atoms with Crippen molar-refractivity contribution in [1.82, 2.24) is 10.3 Å². The number of pyridine rings is 1. The zero-order valence-electron chi connectivity index (χ0n) is 12.5. The topological polar surface area (TPSA) is 24.9 Å². The summed E-state index contributed by atoms with van der Waals surface area (Å²) < 4.78 is 0. The zero-order chi connectivity index (χ0) is 14.1. The van der Waals surface area contributed by atoms with E-state index in [9.17, 15) is 0 Å². The summed E-state index contributed by atoms with van der Waals surface area (Å²) in [6.07, 6.45) is 7.29. The fourth-order valence-corrected chi connectivity index (χ4v) is 3.98. The monoisotopic (exact) mass is 280 g/mol. The smallest absolute Gasteiger partial charge is 0.0634 e. The van der Waals surface area contributed by atoms with E-state index in [0.717, 1.165) is 17.1 Å². The van der Waals surface area contributed by atoms with Crippen molar-refractivity contribution < 1.29 is 0 Å². The van der Waals surface area contributed by atoms with Gasteiger partial charge in [-0.3, -0.25) is 4.98 Å². The van der Waals surface area contributed by atoms with Crippen LogP contribution in [0, 0.1) is 10.8 Å². The molecule has 1 saturated carbocycles. The highest BCUT2D eigenvalue weighted by atomic mass is 35.5. The van der Waals surface area contributed by atoms with E-state index in [-0.39, 0.29) is 0 Å². The molecule has 1 aliphatic carbocycles. The van der Waals surface area contributed by atoms with Gasteiger partial charge in [-0.05, 0) is 41.7 Å². The summed E-state index contributed by atoms with van der Waals surface area (Å²) in [5, 5.41) is 4.43. The first kappa shape index (κ1) is 14.8. The average molecular weight is 281 g/mol. The third kappa shape index (κ3) is 4.19. The van der Waals surface area contributed by atoms with Gasteiger partial charge in [0, 0.05) is 25.0 Å². The number of halogens is 1. The molecule has 1 fully saturated rings. The van der Waals surface area contributed by atoms with Crippen LogP contribution in [-0.2, 0) is 6.54 Å². The van der Waals surface area contributed by atoms with E-state index >= 15 is 0 Å². The molecule has 2 rings (SSSR count). The van der Waals surface area contributed by atoms with Crippen molar-refractivity contribution in [2.75, 3.05) is 0 Å². The first-order valence-electron chi connectivity index (χ1n) is 7.09. The summed E-state index contributed by atoms with van der Waals surface area (Å²) >= 11 is 6.15. The summed E-state index contributed by atoms with van der Waals surface area (Å²) in [5.74, 6) is 0. The maximum Gasteiger partial charge on any atom is 0.0634 e. The van der Waals surface area contributed by atoms with Gasteiger partial charge in [0.1, 0.15) is 0 Å². The van der Waals surface area contributed by atoms with E-state index in [0.29, 0.717) is 16.9 Å². The third-order valence-corrected chi connectivity index (χ3v) is 4.33. The fraction of sp³-hybridized carbons (Fsp3) is 0.688. The largest absolute Gasteiger partial charge is 0.310 e. The van der Waals surface area contributed by atoms with Crippen LogP contribution in [0.4, 0.5) is 0 Å². The highest BCUT2D eigenvalue weighted by Crippen LogP contribution is 2.45. The van der Waals surface area contributed by atoms with E-state index in [4.69, 9.17) is 11.6 Å². The van der Waals surface area contributed by atoms with Crippen molar-refractivity contribution in [3.63, 3.8) is 0 Å². The van der Waals surface area contributed by atoms with E-state index in [1.165, 1.54) is 19.3 Å². The number of hydrogen-bond acceptors (Lipinski definition) is 2. The molecule has 0 aliphatic heterocycles. The molecule has 106 valence electrons. The molecular formula is C16H25ClN2. The van der Waals surface area contributed by atoms with Gasteiger partial charge in [-0.1, -0.05) is 39.3 Å². The molecule has 0 amide bonds. The summed E-state index contributed by atoms with van der Waals surface area (Å²) in [6, 6.07) is 2.57. The van der Waals surface area contributed by atoms with E-state index in [1.807, 2.05) is 6.07 Å². The Morgan fingerprint density at radius 2 is 1.89 bits per heavy atom. The summed E-state index contributed by atoms with van der Waals surface area (Å²) in [4.78, 5) is 4.03. The highest BCUT2D eigenvalue weighted by Gasteiger charge is 2.38. The van der Waals surface area contributed by atoms with E-state index < -0.39 is 0 Å². The standard InChI is InChI=1S/C16H25ClN2/c1-15(2)7-13(8-16(3,4)11-15)19-9-12-5-6-18-10-14(12)17/h5-6,10,13,19H,7-9,11H2,1-4H3. The third-order valence-electron chi connectivity index (χ3n) is 3.99.